The van der Waals surface area contributed by atoms with Gasteiger partial charge in [-0.25, -0.2) is 0 Å². The van der Waals surface area contributed by atoms with Crippen LogP contribution in [0.25, 0.3) is 0 Å². The molecule has 0 spiro atoms. The first-order chi connectivity index (χ1) is 9.83. The Kier molecular flexibility index (Phi) is 4.96. The second-order valence-corrected chi connectivity index (χ2v) is 7.16. The second-order valence-electron chi connectivity index (χ2n) is 7.16. The van der Waals surface area contributed by atoms with Crippen LogP contribution in [0.3, 0.4) is 0 Å². The fourth-order valence-electron chi connectivity index (χ4n) is 3.81. The fourth-order valence-corrected chi connectivity index (χ4v) is 3.81. The summed E-state index contributed by atoms with van der Waals surface area (Å²) in [6.07, 6.45) is 6.28. The average Bonchev–Trinajstić information content (AvgIpc) is 2.77. The third-order valence-electron chi connectivity index (χ3n) is 5.61. The molecule has 2 N–H and O–H groups in total. The van der Waals surface area contributed by atoms with Crippen LogP contribution in [-0.2, 0) is 9.53 Å². The van der Waals surface area contributed by atoms with Gasteiger partial charge in [0, 0.05) is 18.1 Å². The number of ether oxygens (including phenoxy) is 1. The minimum Gasteiger partial charge on any atom is -0.465 e. The molecule has 0 heterocycles. The van der Waals surface area contributed by atoms with Crippen molar-refractivity contribution >= 4 is 5.97 Å². The van der Waals surface area contributed by atoms with Crippen molar-refractivity contribution in [3.05, 3.63) is 0 Å². The standard InChI is InChI=1S/C16H31N3O2/c1-5-21-14(20)16(17)10-7-13(11-16)19(4)12-15(18(2)3)8-6-9-15/h13H,5-12,17H2,1-4H3. The van der Waals surface area contributed by atoms with E-state index in [0.717, 1.165) is 19.4 Å². The molecule has 0 radical (unpaired) electrons. The Morgan fingerprint density at radius 2 is 1.95 bits per heavy atom. The van der Waals surface area contributed by atoms with E-state index in [1.807, 2.05) is 6.92 Å². The van der Waals surface area contributed by atoms with E-state index in [2.05, 4.69) is 30.9 Å². The lowest BCUT2D eigenvalue weighted by Gasteiger charge is -2.50. The summed E-state index contributed by atoms with van der Waals surface area (Å²) in [5, 5.41) is 0. The smallest absolute Gasteiger partial charge is 0.326 e. The normalized spacial score (nSPS) is 31.5. The average molecular weight is 297 g/mol. The highest BCUT2D eigenvalue weighted by Gasteiger charge is 2.46. The first kappa shape index (κ1) is 16.7. The van der Waals surface area contributed by atoms with E-state index in [0.29, 0.717) is 24.6 Å². The van der Waals surface area contributed by atoms with Gasteiger partial charge in [0.2, 0.25) is 0 Å². The largest absolute Gasteiger partial charge is 0.465 e. The number of likely N-dealkylation sites (N-methyl/N-ethyl adjacent to an activating group) is 2. The van der Waals surface area contributed by atoms with Gasteiger partial charge in [0.1, 0.15) is 5.54 Å². The molecule has 0 bridgehead atoms. The van der Waals surface area contributed by atoms with Crippen LogP contribution in [-0.4, -0.2) is 67.2 Å². The number of nitrogens with zero attached hydrogens (tertiary/aromatic N) is 2. The molecule has 21 heavy (non-hydrogen) atoms. The topological polar surface area (TPSA) is 58.8 Å². The quantitative estimate of drug-likeness (QED) is 0.747. The molecule has 122 valence electrons. The summed E-state index contributed by atoms with van der Waals surface area (Å²) in [7, 11) is 6.52. The first-order valence-electron chi connectivity index (χ1n) is 8.17. The third-order valence-corrected chi connectivity index (χ3v) is 5.61. The molecule has 2 aliphatic carbocycles. The van der Waals surface area contributed by atoms with Crippen molar-refractivity contribution < 1.29 is 9.53 Å². The number of nitrogens with two attached hydrogens (primary N) is 1. The molecule has 0 aromatic heterocycles. The molecule has 0 amide bonds. The lowest BCUT2D eigenvalue weighted by Crippen LogP contribution is -2.58. The highest BCUT2D eigenvalue weighted by Crippen LogP contribution is 2.39. The zero-order valence-electron chi connectivity index (χ0n) is 14.0. The van der Waals surface area contributed by atoms with Gasteiger partial charge in [0.05, 0.1) is 6.61 Å². The number of rotatable bonds is 6. The maximum absolute atomic E-state index is 12.0. The van der Waals surface area contributed by atoms with Crippen molar-refractivity contribution in [3.63, 3.8) is 0 Å². The summed E-state index contributed by atoms with van der Waals surface area (Å²) in [6.45, 7) is 3.29. The molecule has 0 saturated heterocycles. The summed E-state index contributed by atoms with van der Waals surface area (Å²) in [5.41, 5.74) is 5.82. The van der Waals surface area contributed by atoms with E-state index in [1.165, 1.54) is 19.3 Å². The minimum absolute atomic E-state index is 0.230. The van der Waals surface area contributed by atoms with E-state index in [9.17, 15) is 4.79 Å². The number of esters is 1. The Balaban J connectivity index is 1.93. The van der Waals surface area contributed by atoms with Crippen LogP contribution in [0.5, 0.6) is 0 Å². The Labute approximate surface area is 128 Å². The molecule has 0 aromatic rings. The predicted molar refractivity (Wildman–Crippen MR) is 84.1 cm³/mol. The molecule has 2 aliphatic rings. The van der Waals surface area contributed by atoms with E-state index in [1.54, 1.807) is 0 Å². The van der Waals surface area contributed by atoms with Crippen molar-refractivity contribution in [2.24, 2.45) is 5.73 Å². The number of carbonyl (C=O) groups excluding carboxylic acids is 1. The Morgan fingerprint density at radius 3 is 2.43 bits per heavy atom. The van der Waals surface area contributed by atoms with Crippen LogP contribution in [0.4, 0.5) is 0 Å². The highest BCUT2D eigenvalue weighted by atomic mass is 16.5. The van der Waals surface area contributed by atoms with E-state index < -0.39 is 5.54 Å². The van der Waals surface area contributed by atoms with Crippen molar-refractivity contribution in [2.75, 3.05) is 34.3 Å². The molecule has 2 rings (SSSR count). The van der Waals surface area contributed by atoms with Crippen LogP contribution < -0.4 is 5.73 Å². The van der Waals surface area contributed by atoms with Crippen LogP contribution in [0.15, 0.2) is 0 Å². The first-order valence-corrected chi connectivity index (χ1v) is 8.17. The monoisotopic (exact) mass is 297 g/mol. The van der Waals surface area contributed by atoms with E-state index in [-0.39, 0.29) is 5.97 Å². The van der Waals surface area contributed by atoms with Crippen molar-refractivity contribution in [2.45, 2.75) is 62.6 Å². The molecule has 0 aliphatic heterocycles. The lowest BCUT2D eigenvalue weighted by atomic mass is 9.75. The zero-order valence-corrected chi connectivity index (χ0v) is 14.0. The molecule has 5 heteroatoms. The van der Waals surface area contributed by atoms with E-state index in [4.69, 9.17) is 10.5 Å². The van der Waals surface area contributed by atoms with Crippen molar-refractivity contribution in [1.82, 2.24) is 9.80 Å². The van der Waals surface area contributed by atoms with Crippen LogP contribution in [0.2, 0.25) is 0 Å². The molecule has 2 saturated carbocycles. The van der Waals surface area contributed by atoms with Gasteiger partial charge in [-0.15, -0.1) is 0 Å². The van der Waals surface area contributed by atoms with Crippen LogP contribution in [0.1, 0.15) is 45.4 Å². The molecule has 0 aromatic carbocycles. The number of hydrogen-bond acceptors (Lipinski definition) is 5. The van der Waals surface area contributed by atoms with Gasteiger partial charge < -0.3 is 20.3 Å². The summed E-state index contributed by atoms with van der Waals surface area (Å²) in [5.74, 6) is -0.230. The van der Waals surface area contributed by atoms with Crippen molar-refractivity contribution in [1.29, 1.82) is 0 Å². The minimum atomic E-state index is -0.778. The molecular formula is C16H31N3O2. The molecular weight excluding hydrogens is 266 g/mol. The van der Waals surface area contributed by atoms with Gasteiger partial charge in [-0.05, 0) is 66.6 Å². The number of hydrogen-bond donors (Lipinski definition) is 1. The Morgan fingerprint density at radius 1 is 1.29 bits per heavy atom. The van der Waals surface area contributed by atoms with Crippen LogP contribution >= 0.6 is 0 Å². The van der Waals surface area contributed by atoms with Gasteiger partial charge in [0.15, 0.2) is 0 Å². The van der Waals surface area contributed by atoms with Gasteiger partial charge >= 0.3 is 5.97 Å². The second kappa shape index (κ2) is 6.23. The predicted octanol–water partition coefficient (Wildman–Crippen LogP) is 1.22. The van der Waals surface area contributed by atoms with Gasteiger partial charge in [0.25, 0.3) is 0 Å². The fraction of sp³-hybridized carbons (Fsp3) is 0.938. The zero-order chi connectivity index (χ0) is 15.7. The summed E-state index contributed by atoms with van der Waals surface area (Å²) >= 11 is 0. The maximum atomic E-state index is 12.0. The SMILES string of the molecule is CCOC(=O)C1(N)CCC(N(C)CC2(N(C)C)CCC2)C1. The third kappa shape index (κ3) is 3.25. The molecule has 2 atom stereocenters. The Bertz CT molecular complexity index is 382. The lowest BCUT2D eigenvalue weighted by molar-refractivity contribution is -0.149. The summed E-state index contributed by atoms with van der Waals surface area (Å²) in [6, 6.07) is 0.386. The molecule has 2 unspecified atom stereocenters. The molecule has 5 nitrogen and oxygen atoms in total. The highest BCUT2D eigenvalue weighted by molar-refractivity contribution is 5.81. The summed E-state index contributed by atoms with van der Waals surface area (Å²) in [4.78, 5) is 16.8. The molecule has 2 fully saturated rings. The van der Waals surface area contributed by atoms with Gasteiger partial charge in [-0.2, -0.15) is 0 Å². The van der Waals surface area contributed by atoms with Gasteiger partial charge in [-0.3, -0.25) is 4.79 Å². The van der Waals surface area contributed by atoms with Gasteiger partial charge in [-0.1, -0.05) is 0 Å². The Hall–Kier alpha value is -0.650. The number of carbonyl (C=O) groups is 1. The summed E-state index contributed by atoms with van der Waals surface area (Å²) < 4.78 is 5.14. The maximum Gasteiger partial charge on any atom is 0.326 e. The van der Waals surface area contributed by atoms with Crippen LogP contribution in [0, 0.1) is 0 Å². The van der Waals surface area contributed by atoms with E-state index >= 15 is 0 Å². The van der Waals surface area contributed by atoms with Crippen molar-refractivity contribution in [3.8, 4) is 0 Å².